The monoisotopic (exact) mass is 457 g/mol. The summed E-state index contributed by atoms with van der Waals surface area (Å²) in [6.07, 6.45) is 5.36. The number of hydrogen-bond donors (Lipinski definition) is 1. The number of nitrogens with zero attached hydrogens (tertiary/aromatic N) is 2. The molecular formula is C27H24ClN3O2. The number of rotatable bonds is 6. The second-order valence-electron chi connectivity index (χ2n) is 7.89. The van der Waals surface area contributed by atoms with Crippen molar-refractivity contribution in [2.45, 2.75) is 20.4 Å². The second kappa shape index (κ2) is 9.84. The third-order valence-corrected chi connectivity index (χ3v) is 5.60. The maximum absolute atomic E-state index is 13.3. The molecule has 33 heavy (non-hydrogen) atoms. The van der Waals surface area contributed by atoms with Gasteiger partial charge in [0.05, 0.1) is 23.4 Å². The number of aryl methyl sites for hydroxylation is 2. The van der Waals surface area contributed by atoms with Crippen LogP contribution in [0.4, 0.5) is 0 Å². The summed E-state index contributed by atoms with van der Waals surface area (Å²) in [5.41, 5.74) is 6.78. The van der Waals surface area contributed by atoms with Gasteiger partial charge in [-0.2, -0.15) is 0 Å². The van der Waals surface area contributed by atoms with E-state index in [9.17, 15) is 4.79 Å². The van der Waals surface area contributed by atoms with Gasteiger partial charge in [0.25, 0.3) is 5.91 Å². The molecule has 5 nitrogen and oxygen atoms in total. The number of pyridine rings is 2. The number of halogens is 1. The van der Waals surface area contributed by atoms with Crippen LogP contribution in [0.15, 0.2) is 73.2 Å². The number of nitrogens with one attached hydrogen (secondary N) is 1. The summed E-state index contributed by atoms with van der Waals surface area (Å²) in [4.78, 5) is 22.3. The molecule has 2 heterocycles. The molecule has 0 bridgehead atoms. The maximum atomic E-state index is 13.3. The van der Waals surface area contributed by atoms with Gasteiger partial charge >= 0.3 is 0 Å². The van der Waals surface area contributed by atoms with E-state index in [4.69, 9.17) is 16.3 Å². The summed E-state index contributed by atoms with van der Waals surface area (Å²) in [5, 5.41) is 3.50. The van der Waals surface area contributed by atoms with Gasteiger partial charge in [0.15, 0.2) is 0 Å². The molecule has 4 aromatic rings. The predicted molar refractivity (Wildman–Crippen MR) is 132 cm³/mol. The van der Waals surface area contributed by atoms with Crippen LogP contribution in [0, 0.1) is 13.8 Å². The molecule has 0 aliphatic rings. The van der Waals surface area contributed by atoms with E-state index in [0.29, 0.717) is 28.6 Å². The summed E-state index contributed by atoms with van der Waals surface area (Å²) >= 11 is 6.23. The molecule has 6 heteroatoms. The average Bonchev–Trinajstić information content (AvgIpc) is 2.82. The Bertz CT molecular complexity index is 1320. The Balaban J connectivity index is 1.69. The number of ether oxygens (including phenoxy) is 1. The number of hydrogen-bond acceptors (Lipinski definition) is 4. The summed E-state index contributed by atoms with van der Waals surface area (Å²) < 4.78 is 5.20. The van der Waals surface area contributed by atoms with Crippen molar-refractivity contribution in [2.24, 2.45) is 0 Å². The highest BCUT2D eigenvalue weighted by Crippen LogP contribution is 2.28. The van der Waals surface area contributed by atoms with Gasteiger partial charge < -0.3 is 10.1 Å². The Kier molecular flexibility index (Phi) is 6.71. The summed E-state index contributed by atoms with van der Waals surface area (Å²) in [5.74, 6) is 0.380. The highest BCUT2D eigenvalue weighted by molar-refractivity contribution is 6.32. The standard InChI is InChI=1S/C27H24ClN3O2/c1-17-5-4-6-20(9-17)26-23(12-22(16-30-26)21-10-18(2)13-29-15-21)27(32)31-14-19-7-8-25(33-3)24(28)11-19/h4-13,15-16H,14H2,1-3H3,(H,31,32). The van der Waals surface area contributed by atoms with E-state index in [2.05, 4.69) is 15.3 Å². The first-order chi connectivity index (χ1) is 15.9. The lowest BCUT2D eigenvalue weighted by atomic mass is 9.99. The molecule has 0 saturated carbocycles. The smallest absolute Gasteiger partial charge is 0.253 e. The number of methoxy groups -OCH3 is 1. The van der Waals surface area contributed by atoms with Gasteiger partial charge in [0, 0.05) is 41.8 Å². The topological polar surface area (TPSA) is 64.1 Å². The first kappa shape index (κ1) is 22.5. The van der Waals surface area contributed by atoms with Crippen molar-refractivity contribution in [3.63, 3.8) is 0 Å². The molecule has 166 valence electrons. The van der Waals surface area contributed by atoms with Gasteiger partial charge in [-0.25, -0.2) is 0 Å². The zero-order valence-corrected chi connectivity index (χ0v) is 19.5. The number of carbonyl (C=O) groups excluding carboxylic acids is 1. The van der Waals surface area contributed by atoms with E-state index in [0.717, 1.165) is 33.4 Å². The third-order valence-electron chi connectivity index (χ3n) is 5.30. The Hall–Kier alpha value is -3.70. The molecule has 1 amide bonds. The SMILES string of the molecule is COc1ccc(CNC(=O)c2cc(-c3cncc(C)c3)cnc2-c2cccc(C)c2)cc1Cl. The van der Waals surface area contributed by atoms with Crippen molar-refractivity contribution >= 4 is 17.5 Å². The number of aromatic nitrogens is 2. The molecular weight excluding hydrogens is 434 g/mol. The van der Waals surface area contributed by atoms with Gasteiger partial charge in [-0.3, -0.25) is 14.8 Å². The summed E-state index contributed by atoms with van der Waals surface area (Å²) in [7, 11) is 1.57. The van der Waals surface area contributed by atoms with Crippen LogP contribution >= 0.6 is 11.6 Å². The molecule has 0 spiro atoms. The van der Waals surface area contributed by atoms with Crippen molar-refractivity contribution in [1.29, 1.82) is 0 Å². The Morgan fingerprint density at radius 1 is 0.939 bits per heavy atom. The molecule has 0 aliphatic heterocycles. The third kappa shape index (κ3) is 5.21. The molecule has 0 fully saturated rings. The summed E-state index contributed by atoms with van der Waals surface area (Å²) in [6, 6.07) is 17.3. The normalized spacial score (nSPS) is 10.7. The minimum atomic E-state index is -0.214. The quantitative estimate of drug-likeness (QED) is 0.384. The molecule has 0 aliphatic carbocycles. The molecule has 1 N–H and O–H groups in total. The highest BCUT2D eigenvalue weighted by Gasteiger charge is 2.17. The van der Waals surface area contributed by atoms with E-state index in [1.54, 1.807) is 37.8 Å². The van der Waals surface area contributed by atoms with Gasteiger partial charge in [-0.15, -0.1) is 0 Å². The van der Waals surface area contributed by atoms with Gasteiger partial charge in [-0.1, -0.05) is 41.4 Å². The van der Waals surface area contributed by atoms with Crippen molar-refractivity contribution in [3.05, 3.63) is 100 Å². The lowest BCUT2D eigenvalue weighted by Crippen LogP contribution is -2.24. The largest absolute Gasteiger partial charge is 0.495 e. The van der Waals surface area contributed by atoms with Crippen LogP contribution in [0.2, 0.25) is 5.02 Å². The fourth-order valence-corrected chi connectivity index (χ4v) is 3.91. The van der Waals surface area contributed by atoms with Crippen LogP contribution in [-0.4, -0.2) is 23.0 Å². The van der Waals surface area contributed by atoms with Crippen LogP contribution in [0.3, 0.4) is 0 Å². The number of benzene rings is 2. The van der Waals surface area contributed by atoms with Crippen LogP contribution < -0.4 is 10.1 Å². The van der Waals surface area contributed by atoms with Crippen molar-refractivity contribution in [3.8, 4) is 28.1 Å². The van der Waals surface area contributed by atoms with E-state index >= 15 is 0 Å². The molecule has 2 aromatic heterocycles. The zero-order chi connectivity index (χ0) is 23.4. The first-order valence-electron chi connectivity index (χ1n) is 10.5. The van der Waals surface area contributed by atoms with E-state index < -0.39 is 0 Å². The molecule has 0 radical (unpaired) electrons. The van der Waals surface area contributed by atoms with E-state index in [-0.39, 0.29) is 5.91 Å². The molecule has 0 unspecified atom stereocenters. The number of carbonyl (C=O) groups is 1. The van der Waals surface area contributed by atoms with E-state index in [1.165, 1.54) is 0 Å². The minimum Gasteiger partial charge on any atom is -0.495 e. The van der Waals surface area contributed by atoms with Gasteiger partial charge in [0.2, 0.25) is 0 Å². The van der Waals surface area contributed by atoms with Crippen LogP contribution in [-0.2, 0) is 6.54 Å². The Labute approximate surface area is 198 Å². The summed E-state index contributed by atoms with van der Waals surface area (Å²) in [6.45, 7) is 4.33. The van der Waals surface area contributed by atoms with Crippen LogP contribution in [0.5, 0.6) is 5.75 Å². The lowest BCUT2D eigenvalue weighted by Gasteiger charge is -2.13. The fourth-order valence-electron chi connectivity index (χ4n) is 3.63. The Morgan fingerprint density at radius 2 is 1.73 bits per heavy atom. The van der Waals surface area contributed by atoms with Crippen molar-refractivity contribution in [2.75, 3.05) is 7.11 Å². The second-order valence-corrected chi connectivity index (χ2v) is 8.30. The predicted octanol–water partition coefficient (Wildman–Crippen LogP) is 6.02. The molecule has 0 saturated heterocycles. The van der Waals surface area contributed by atoms with Gasteiger partial charge in [-0.05, 0) is 55.3 Å². The van der Waals surface area contributed by atoms with Crippen molar-refractivity contribution < 1.29 is 9.53 Å². The molecule has 4 rings (SSSR count). The van der Waals surface area contributed by atoms with Crippen LogP contribution in [0.1, 0.15) is 27.0 Å². The minimum absolute atomic E-state index is 0.214. The average molecular weight is 458 g/mol. The Morgan fingerprint density at radius 3 is 2.45 bits per heavy atom. The van der Waals surface area contributed by atoms with Gasteiger partial charge in [0.1, 0.15) is 5.75 Å². The van der Waals surface area contributed by atoms with Crippen LogP contribution in [0.25, 0.3) is 22.4 Å². The zero-order valence-electron chi connectivity index (χ0n) is 18.7. The maximum Gasteiger partial charge on any atom is 0.253 e. The van der Waals surface area contributed by atoms with Crippen molar-refractivity contribution in [1.82, 2.24) is 15.3 Å². The molecule has 2 aromatic carbocycles. The van der Waals surface area contributed by atoms with E-state index in [1.807, 2.05) is 56.3 Å². The molecule has 0 atom stereocenters. The lowest BCUT2D eigenvalue weighted by molar-refractivity contribution is 0.0951. The first-order valence-corrected chi connectivity index (χ1v) is 10.9. The number of amides is 1. The fraction of sp³-hybridized carbons (Fsp3) is 0.148. The highest BCUT2D eigenvalue weighted by atomic mass is 35.5.